The molecular weight excluding hydrogens is 582 g/mol. The van der Waals surface area contributed by atoms with Crippen LogP contribution in [0.4, 0.5) is 0 Å². The van der Waals surface area contributed by atoms with Gasteiger partial charge in [0.25, 0.3) is 0 Å². The number of carbonyl (C=O) groups excluding carboxylic acids is 5. The molecule has 0 atom stereocenters. The van der Waals surface area contributed by atoms with Gasteiger partial charge in [0.2, 0.25) is 29.5 Å². The zero-order valence-electron chi connectivity index (χ0n) is 23.2. The van der Waals surface area contributed by atoms with E-state index in [9.17, 15) is 39.6 Å². The molecule has 0 aromatic heterocycles. The number of nitrogens with one attached hydrogen (secondary N) is 2. The molecule has 40 heavy (non-hydrogen) atoms. The second kappa shape index (κ2) is 25.8. The third-order valence-electron chi connectivity index (χ3n) is 5.88. The molecule has 0 rings (SSSR count). The van der Waals surface area contributed by atoms with E-state index in [1.165, 1.54) is 6.92 Å². The van der Waals surface area contributed by atoms with E-state index < -0.39 is 17.7 Å². The van der Waals surface area contributed by atoms with Crippen LogP contribution >= 0.6 is 0 Å². The SMILES string of the molecule is CC(=O)N(O)CCCCCNC(=O)CCC(=O)N(O)CCCCCNC(=O)CCC(=O)N(O)CCCCCN.[GaH3]. The molecule has 232 valence electrons. The quantitative estimate of drug-likeness (QED) is 0.0379. The molecule has 0 saturated carbocycles. The average Bonchev–Trinajstić information content (AvgIpc) is 2.91. The molecular formula is C25H51GaN6O8. The number of amides is 5. The van der Waals surface area contributed by atoms with Crippen molar-refractivity contribution in [3.8, 4) is 0 Å². The Morgan fingerprint density at radius 1 is 0.575 bits per heavy atom. The Labute approximate surface area is 249 Å². The van der Waals surface area contributed by atoms with Crippen LogP contribution in [0.5, 0.6) is 0 Å². The molecule has 0 heterocycles. The van der Waals surface area contributed by atoms with Crippen LogP contribution in [-0.4, -0.2) is 119 Å². The summed E-state index contributed by atoms with van der Waals surface area (Å²) in [7, 11) is 0. The summed E-state index contributed by atoms with van der Waals surface area (Å²) >= 11 is 0. The Morgan fingerprint density at radius 2 is 0.950 bits per heavy atom. The predicted octanol–water partition coefficient (Wildman–Crippen LogP) is -0.262. The van der Waals surface area contributed by atoms with E-state index in [4.69, 9.17) is 5.73 Å². The van der Waals surface area contributed by atoms with E-state index in [0.29, 0.717) is 73.3 Å². The van der Waals surface area contributed by atoms with E-state index in [-0.39, 0.29) is 76.9 Å². The topological polar surface area (TPSA) is 206 Å². The van der Waals surface area contributed by atoms with Crippen LogP contribution in [0.1, 0.15) is 90.4 Å². The first-order valence-corrected chi connectivity index (χ1v) is 13.8. The maximum atomic E-state index is 12.0. The van der Waals surface area contributed by atoms with Crippen molar-refractivity contribution >= 4 is 49.3 Å². The van der Waals surface area contributed by atoms with Gasteiger partial charge in [-0.25, -0.2) is 15.2 Å². The van der Waals surface area contributed by atoms with E-state index in [1.807, 2.05) is 0 Å². The van der Waals surface area contributed by atoms with Crippen LogP contribution in [0, 0.1) is 0 Å². The van der Waals surface area contributed by atoms with Gasteiger partial charge < -0.3 is 16.4 Å². The fourth-order valence-corrected chi connectivity index (χ4v) is 3.45. The van der Waals surface area contributed by atoms with Gasteiger partial charge in [0.15, 0.2) is 0 Å². The molecule has 0 fully saturated rings. The van der Waals surface area contributed by atoms with Crippen molar-refractivity contribution in [1.29, 1.82) is 0 Å². The van der Waals surface area contributed by atoms with Crippen molar-refractivity contribution in [3.05, 3.63) is 0 Å². The number of nitrogens with two attached hydrogens (primary N) is 1. The molecule has 14 nitrogen and oxygen atoms in total. The van der Waals surface area contributed by atoms with Crippen molar-refractivity contribution in [2.45, 2.75) is 90.4 Å². The van der Waals surface area contributed by atoms with Gasteiger partial charge in [-0.1, -0.05) is 6.42 Å². The molecule has 0 aromatic carbocycles. The normalized spacial score (nSPS) is 10.3. The first-order valence-electron chi connectivity index (χ1n) is 13.8. The van der Waals surface area contributed by atoms with Crippen molar-refractivity contribution in [3.63, 3.8) is 0 Å². The predicted molar refractivity (Wildman–Crippen MR) is 151 cm³/mol. The summed E-state index contributed by atoms with van der Waals surface area (Å²) in [5, 5.41) is 36.1. The van der Waals surface area contributed by atoms with Gasteiger partial charge >= 0.3 is 19.8 Å². The second-order valence-corrected chi connectivity index (χ2v) is 9.35. The average molecular weight is 633 g/mol. The number of hydroxylamine groups is 6. The zero-order valence-corrected chi connectivity index (χ0v) is 23.2. The number of unbranched alkanes of at least 4 members (excludes halogenated alkanes) is 6. The van der Waals surface area contributed by atoms with Crippen LogP contribution in [0.2, 0.25) is 0 Å². The number of rotatable bonds is 23. The van der Waals surface area contributed by atoms with Crippen molar-refractivity contribution in [2.75, 3.05) is 39.3 Å². The Bertz CT molecular complexity index is 746. The molecule has 0 saturated heterocycles. The van der Waals surface area contributed by atoms with E-state index >= 15 is 0 Å². The minimum absolute atomic E-state index is 0. The summed E-state index contributed by atoms with van der Waals surface area (Å²) < 4.78 is 0. The first-order chi connectivity index (χ1) is 18.6. The fourth-order valence-electron chi connectivity index (χ4n) is 3.45. The van der Waals surface area contributed by atoms with Gasteiger partial charge in [-0.3, -0.25) is 39.6 Å². The Balaban J connectivity index is 0. The third-order valence-corrected chi connectivity index (χ3v) is 5.88. The monoisotopic (exact) mass is 632 g/mol. The van der Waals surface area contributed by atoms with Gasteiger partial charge in [-0.15, -0.1) is 0 Å². The van der Waals surface area contributed by atoms with Crippen LogP contribution in [0.15, 0.2) is 0 Å². The molecule has 0 bridgehead atoms. The maximum absolute atomic E-state index is 12.0. The van der Waals surface area contributed by atoms with Gasteiger partial charge in [0.1, 0.15) is 0 Å². The molecule has 7 N–H and O–H groups in total. The van der Waals surface area contributed by atoms with Crippen molar-refractivity contribution in [1.82, 2.24) is 25.8 Å². The molecule has 0 aliphatic carbocycles. The van der Waals surface area contributed by atoms with E-state index in [0.717, 1.165) is 19.3 Å². The number of hydrogen-bond donors (Lipinski definition) is 6. The summed E-state index contributed by atoms with van der Waals surface area (Å²) in [4.78, 5) is 58.4. The standard InChI is InChI=1S/C25H48N6O8.Ga.3H/c1-21(32)29(37)18-9-3-6-16-27-22(33)12-14-25(36)31(39)20-10-4-7-17-28-23(34)11-13-24(35)30(38)19-8-2-5-15-26;;;;/h37-39H,2-20,26H2,1H3,(H,27,33)(H,28,34);;;;. The molecule has 0 aliphatic heterocycles. The Hall–Kier alpha value is -2.17. The van der Waals surface area contributed by atoms with Gasteiger partial charge in [-0.2, -0.15) is 0 Å². The van der Waals surface area contributed by atoms with Gasteiger partial charge in [0.05, 0.1) is 0 Å². The van der Waals surface area contributed by atoms with Gasteiger partial charge in [0, 0.05) is 65.3 Å². The molecule has 0 spiro atoms. The molecule has 0 unspecified atom stereocenters. The summed E-state index contributed by atoms with van der Waals surface area (Å²) in [5.41, 5.74) is 5.39. The molecule has 5 amide bonds. The van der Waals surface area contributed by atoms with Crippen LogP contribution in [-0.2, 0) is 24.0 Å². The number of carbonyl (C=O) groups is 5. The van der Waals surface area contributed by atoms with Crippen molar-refractivity contribution in [2.24, 2.45) is 5.73 Å². The van der Waals surface area contributed by atoms with Crippen molar-refractivity contribution < 1.29 is 39.6 Å². The van der Waals surface area contributed by atoms with Crippen LogP contribution in [0.25, 0.3) is 0 Å². The minimum atomic E-state index is -0.548. The number of nitrogens with zero attached hydrogens (tertiary/aromatic N) is 3. The number of hydrogen-bond acceptors (Lipinski definition) is 9. The van der Waals surface area contributed by atoms with Crippen LogP contribution < -0.4 is 16.4 Å². The summed E-state index contributed by atoms with van der Waals surface area (Å²) in [5.74, 6) is -2.05. The van der Waals surface area contributed by atoms with E-state index in [2.05, 4.69) is 10.6 Å². The Kier molecular flexibility index (Phi) is 25.8. The van der Waals surface area contributed by atoms with Crippen LogP contribution in [0.3, 0.4) is 0 Å². The Morgan fingerprint density at radius 3 is 1.32 bits per heavy atom. The fraction of sp³-hybridized carbons (Fsp3) is 0.800. The zero-order chi connectivity index (χ0) is 29.5. The van der Waals surface area contributed by atoms with Gasteiger partial charge in [-0.05, 0) is 57.9 Å². The summed E-state index contributed by atoms with van der Waals surface area (Å²) in [6.45, 7) is 3.22. The summed E-state index contributed by atoms with van der Waals surface area (Å²) in [6, 6.07) is 0. The third kappa shape index (κ3) is 22.6. The van der Waals surface area contributed by atoms with E-state index in [1.54, 1.807) is 0 Å². The molecule has 0 aromatic rings. The first kappa shape index (κ1) is 40.0. The molecule has 15 heteroatoms. The second-order valence-electron chi connectivity index (χ2n) is 9.35. The molecule has 0 radical (unpaired) electrons. The summed E-state index contributed by atoms with van der Waals surface area (Å²) in [6.07, 6.45) is 5.84. The molecule has 0 aliphatic rings.